The van der Waals surface area contributed by atoms with Crippen LogP contribution in [0, 0.1) is 5.41 Å². The Morgan fingerprint density at radius 2 is 1.82 bits per heavy atom. The Kier molecular flexibility index (Phi) is 2.78. The molecule has 0 spiro atoms. The molecule has 1 saturated carbocycles. The van der Waals surface area contributed by atoms with Crippen LogP contribution < -0.4 is 5.73 Å². The third kappa shape index (κ3) is 1.62. The maximum atomic E-state index is 6.05. The van der Waals surface area contributed by atoms with Gasteiger partial charge in [-0.25, -0.2) is 9.97 Å². The highest BCUT2D eigenvalue weighted by Gasteiger charge is 2.61. The fourth-order valence-corrected chi connectivity index (χ4v) is 4.76. The number of aromatic nitrogens is 2. The number of halogens is 1. The second-order valence-corrected chi connectivity index (χ2v) is 8.26. The van der Waals surface area contributed by atoms with Crippen molar-refractivity contribution in [2.75, 3.05) is 5.73 Å². The van der Waals surface area contributed by atoms with Gasteiger partial charge in [0.1, 0.15) is 0 Å². The van der Waals surface area contributed by atoms with E-state index in [1.165, 1.54) is 24.1 Å². The van der Waals surface area contributed by atoms with Gasteiger partial charge in [0.05, 0.1) is 11.4 Å². The molecule has 0 amide bonds. The van der Waals surface area contributed by atoms with Crippen LogP contribution in [0.5, 0.6) is 0 Å². The van der Waals surface area contributed by atoms with Crippen molar-refractivity contribution >= 4 is 21.9 Å². The molecule has 0 aliphatic heterocycles. The molecule has 2 atom stereocenters. The SMILES string of the molecule is CC12CCC(c3c(-c4ccc(Br)cc4)nc(N)nc31)C2(C)C. The molecule has 2 N–H and O–H groups in total. The van der Waals surface area contributed by atoms with E-state index in [1.54, 1.807) is 0 Å². The molecule has 2 aromatic rings. The van der Waals surface area contributed by atoms with Gasteiger partial charge in [0, 0.05) is 21.0 Å². The van der Waals surface area contributed by atoms with Crippen LogP contribution in [0.4, 0.5) is 5.95 Å². The molecule has 4 heteroatoms. The predicted molar refractivity (Wildman–Crippen MR) is 92.7 cm³/mol. The van der Waals surface area contributed by atoms with E-state index in [2.05, 4.69) is 70.9 Å². The van der Waals surface area contributed by atoms with Crippen LogP contribution >= 0.6 is 15.9 Å². The number of rotatable bonds is 1. The number of nitrogens with zero attached hydrogens (tertiary/aromatic N) is 2. The standard InChI is InChI=1S/C18H20BrN3/c1-17(2)12-8-9-18(17,3)15-13(12)14(21-16(20)22-15)10-4-6-11(19)7-5-10/h4-7,12H,8-9H2,1-3H3,(H2,20,21,22). The largest absolute Gasteiger partial charge is 0.368 e. The van der Waals surface area contributed by atoms with Crippen molar-refractivity contribution in [1.82, 2.24) is 9.97 Å². The molecular formula is C18H20BrN3. The van der Waals surface area contributed by atoms with E-state index < -0.39 is 0 Å². The van der Waals surface area contributed by atoms with E-state index >= 15 is 0 Å². The van der Waals surface area contributed by atoms with Gasteiger partial charge in [-0.3, -0.25) is 0 Å². The molecule has 2 aliphatic carbocycles. The Hall–Kier alpha value is -1.42. The summed E-state index contributed by atoms with van der Waals surface area (Å²) in [5.41, 5.74) is 11.0. The van der Waals surface area contributed by atoms with E-state index in [9.17, 15) is 0 Å². The Morgan fingerprint density at radius 1 is 1.14 bits per heavy atom. The van der Waals surface area contributed by atoms with E-state index in [4.69, 9.17) is 5.73 Å². The lowest BCUT2D eigenvalue weighted by molar-refractivity contribution is 0.227. The van der Waals surface area contributed by atoms with Gasteiger partial charge in [-0.1, -0.05) is 48.8 Å². The minimum atomic E-state index is 0.105. The number of hydrogen-bond donors (Lipinski definition) is 1. The lowest BCUT2D eigenvalue weighted by atomic mass is 9.70. The fraction of sp³-hybridized carbons (Fsp3) is 0.444. The van der Waals surface area contributed by atoms with Gasteiger partial charge in [-0.2, -0.15) is 0 Å². The van der Waals surface area contributed by atoms with Gasteiger partial charge in [0.25, 0.3) is 0 Å². The summed E-state index contributed by atoms with van der Waals surface area (Å²) < 4.78 is 1.07. The molecule has 4 rings (SSSR count). The zero-order chi connectivity index (χ0) is 15.7. The van der Waals surface area contributed by atoms with E-state index in [0.29, 0.717) is 11.9 Å². The molecule has 0 radical (unpaired) electrons. The monoisotopic (exact) mass is 357 g/mol. The second kappa shape index (κ2) is 4.31. The van der Waals surface area contributed by atoms with Crippen LogP contribution in [0.15, 0.2) is 28.7 Å². The number of fused-ring (bicyclic) bond motifs is 5. The normalized spacial score (nSPS) is 27.9. The maximum Gasteiger partial charge on any atom is 0.220 e. The molecule has 1 fully saturated rings. The summed E-state index contributed by atoms with van der Waals surface area (Å²) in [6.07, 6.45) is 2.40. The predicted octanol–water partition coefficient (Wildman–Crippen LogP) is 4.66. The third-order valence-electron chi connectivity index (χ3n) is 6.18. The van der Waals surface area contributed by atoms with Crippen LogP contribution in [-0.2, 0) is 5.41 Å². The summed E-state index contributed by atoms with van der Waals surface area (Å²) in [5, 5.41) is 0. The number of benzene rings is 1. The zero-order valence-corrected chi connectivity index (χ0v) is 14.7. The quantitative estimate of drug-likeness (QED) is 0.806. The average Bonchev–Trinajstić information content (AvgIpc) is 2.79. The van der Waals surface area contributed by atoms with Gasteiger partial charge in [-0.15, -0.1) is 0 Å². The minimum Gasteiger partial charge on any atom is -0.368 e. The first-order valence-electron chi connectivity index (χ1n) is 7.78. The van der Waals surface area contributed by atoms with Crippen LogP contribution in [0.3, 0.4) is 0 Å². The fourth-order valence-electron chi connectivity index (χ4n) is 4.49. The Labute approximate surface area is 139 Å². The van der Waals surface area contributed by atoms with E-state index in [1.807, 2.05) is 0 Å². The molecule has 0 saturated heterocycles. The lowest BCUT2D eigenvalue weighted by Crippen LogP contribution is -2.32. The Morgan fingerprint density at radius 3 is 2.50 bits per heavy atom. The average molecular weight is 358 g/mol. The molecular weight excluding hydrogens is 338 g/mol. The van der Waals surface area contributed by atoms with Crippen LogP contribution in [0.2, 0.25) is 0 Å². The van der Waals surface area contributed by atoms with Crippen LogP contribution in [-0.4, -0.2) is 9.97 Å². The maximum absolute atomic E-state index is 6.05. The van der Waals surface area contributed by atoms with Crippen molar-refractivity contribution in [3.05, 3.63) is 40.0 Å². The first kappa shape index (κ1) is 14.2. The van der Waals surface area contributed by atoms with Gasteiger partial charge in [0.15, 0.2) is 0 Å². The summed E-state index contributed by atoms with van der Waals surface area (Å²) in [4.78, 5) is 9.28. The lowest BCUT2D eigenvalue weighted by Gasteiger charge is -2.34. The summed E-state index contributed by atoms with van der Waals surface area (Å²) >= 11 is 3.50. The smallest absolute Gasteiger partial charge is 0.220 e. The molecule has 2 unspecified atom stereocenters. The molecule has 1 aromatic carbocycles. The molecule has 1 heterocycles. The van der Waals surface area contributed by atoms with E-state index in [-0.39, 0.29) is 10.8 Å². The van der Waals surface area contributed by atoms with Crippen molar-refractivity contribution < 1.29 is 0 Å². The number of hydrogen-bond acceptors (Lipinski definition) is 3. The second-order valence-electron chi connectivity index (χ2n) is 7.34. The van der Waals surface area contributed by atoms with Gasteiger partial charge < -0.3 is 5.73 Å². The summed E-state index contributed by atoms with van der Waals surface area (Å²) in [6, 6.07) is 8.32. The molecule has 2 aliphatic rings. The molecule has 22 heavy (non-hydrogen) atoms. The molecule has 1 aromatic heterocycles. The Balaban J connectivity index is 2.00. The van der Waals surface area contributed by atoms with Gasteiger partial charge in [0.2, 0.25) is 5.95 Å². The van der Waals surface area contributed by atoms with Crippen molar-refractivity contribution in [3.63, 3.8) is 0 Å². The van der Waals surface area contributed by atoms with Crippen LogP contribution in [0.1, 0.15) is 50.8 Å². The molecule has 3 nitrogen and oxygen atoms in total. The van der Waals surface area contributed by atoms with Gasteiger partial charge in [-0.05, 0) is 36.3 Å². The number of nitrogens with two attached hydrogens (primary N) is 1. The minimum absolute atomic E-state index is 0.105. The zero-order valence-electron chi connectivity index (χ0n) is 13.2. The topological polar surface area (TPSA) is 51.8 Å². The van der Waals surface area contributed by atoms with Crippen molar-refractivity contribution in [2.24, 2.45) is 5.41 Å². The number of anilines is 1. The highest BCUT2D eigenvalue weighted by atomic mass is 79.9. The number of nitrogen functional groups attached to an aromatic ring is 1. The summed E-state index contributed by atoms with van der Waals surface area (Å²) in [6.45, 7) is 7.08. The third-order valence-corrected chi connectivity index (χ3v) is 6.71. The first-order chi connectivity index (χ1) is 10.3. The first-order valence-corrected chi connectivity index (χ1v) is 8.58. The van der Waals surface area contributed by atoms with Crippen molar-refractivity contribution in [2.45, 2.75) is 44.9 Å². The van der Waals surface area contributed by atoms with Crippen molar-refractivity contribution in [3.8, 4) is 11.3 Å². The highest BCUT2D eigenvalue weighted by Crippen LogP contribution is 2.68. The molecule has 114 valence electrons. The molecule has 2 bridgehead atoms. The highest BCUT2D eigenvalue weighted by molar-refractivity contribution is 9.10. The summed E-state index contributed by atoms with van der Waals surface area (Å²) in [7, 11) is 0. The van der Waals surface area contributed by atoms with Crippen LogP contribution in [0.25, 0.3) is 11.3 Å². The Bertz CT molecular complexity index is 767. The summed E-state index contributed by atoms with van der Waals surface area (Å²) in [5.74, 6) is 0.910. The van der Waals surface area contributed by atoms with E-state index in [0.717, 1.165) is 15.7 Å². The van der Waals surface area contributed by atoms with Gasteiger partial charge >= 0.3 is 0 Å². The van der Waals surface area contributed by atoms with Crippen molar-refractivity contribution in [1.29, 1.82) is 0 Å².